The van der Waals surface area contributed by atoms with Crippen molar-refractivity contribution in [2.45, 2.75) is 68.5 Å². The zero-order valence-electron chi connectivity index (χ0n) is 21.2. The highest BCUT2D eigenvalue weighted by Gasteiger charge is 2.44. The Kier molecular flexibility index (Phi) is 7.74. The maximum Gasteiger partial charge on any atom is 0.229 e. The van der Waals surface area contributed by atoms with Crippen LogP contribution in [0, 0.1) is 0 Å². The zero-order valence-corrected chi connectivity index (χ0v) is 21.2. The summed E-state index contributed by atoms with van der Waals surface area (Å²) in [5.41, 5.74) is -0.391. The fourth-order valence-electron chi connectivity index (χ4n) is 5.01. The van der Waals surface area contributed by atoms with Crippen molar-refractivity contribution >= 4 is 11.0 Å². The molecule has 9 atom stereocenters. The molecule has 0 bridgehead atoms. The van der Waals surface area contributed by atoms with Crippen molar-refractivity contribution in [3.05, 3.63) is 52.2 Å². The topological polar surface area (TPSA) is 220 Å². The lowest BCUT2D eigenvalue weighted by Crippen LogP contribution is -2.60. The number of hydrogen-bond donors (Lipinski definition) is 8. The second-order valence-electron chi connectivity index (χ2n) is 9.97. The third-order valence-corrected chi connectivity index (χ3v) is 7.28. The first kappa shape index (κ1) is 28.3. The van der Waals surface area contributed by atoms with Crippen molar-refractivity contribution in [2.75, 3.05) is 6.61 Å². The van der Waals surface area contributed by atoms with Crippen LogP contribution in [0.15, 0.2) is 45.6 Å². The molecule has 0 saturated carbocycles. The van der Waals surface area contributed by atoms with E-state index >= 15 is 0 Å². The van der Waals surface area contributed by atoms with Gasteiger partial charge < -0.3 is 59.5 Å². The van der Waals surface area contributed by atoms with Gasteiger partial charge in [0.15, 0.2) is 5.43 Å². The van der Waals surface area contributed by atoms with Crippen molar-refractivity contribution < 1.29 is 59.5 Å². The number of aromatic hydroxyl groups is 2. The van der Waals surface area contributed by atoms with Crippen LogP contribution in [0.1, 0.15) is 25.0 Å². The summed E-state index contributed by atoms with van der Waals surface area (Å²) in [5.74, 6) is -0.677. The Balaban J connectivity index is 1.41. The third-order valence-electron chi connectivity index (χ3n) is 7.28. The fraction of sp³-hybridized carbons (Fsp3) is 0.444. The van der Waals surface area contributed by atoms with Gasteiger partial charge >= 0.3 is 0 Å². The summed E-state index contributed by atoms with van der Waals surface area (Å²) in [4.78, 5) is 13.0. The Bertz CT molecular complexity index is 1410. The molecular formula is C27H30O13. The van der Waals surface area contributed by atoms with Crippen molar-refractivity contribution in [3.8, 4) is 28.6 Å². The molecule has 0 unspecified atom stereocenters. The molecule has 3 aromatic rings. The maximum atomic E-state index is 13.0. The number of hydrogen-bond acceptors (Lipinski definition) is 13. The minimum absolute atomic E-state index is 0.0972. The molecule has 8 N–H and O–H groups in total. The van der Waals surface area contributed by atoms with Crippen LogP contribution in [-0.2, 0) is 9.47 Å². The SMILES string of the molecule is C[C@H]1O[C@@H](c2c(O)cc3oc(-c4ccc(O[C@H]5O[C@H](CO)[C@@H](O)[C@H](O)[C@H]5O)cc4)cc(=O)c3c2O)C[C@@H](O)[C@@H]1O. The van der Waals surface area contributed by atoms with E-state index in [1.165, 1.54) is 31.2 Å². The van der Waals surface area contributed by atoms with E-state index in [9.17, 15) is 45.6 Å². The van der Waals surface area contributed by atoms with Crippen LogP contribution in [0.4, 0.5) is 0 Å². The number of phenols is 2. The van der Waals surface area contributed by atoms with Crippen LogP contribution >= 0.6 is 0 Å². The predicted molar refractivity (Wildman–Crippen MR) is 136 cm³/mol. The number of rotatable bonds is 5. The van der Waals surface area contributed by atoms with Gasteiger partial charge in [-0.05, 0) is 31.2 Å². The first-order valence-corrected chi connectivity index (χ1v) is 12.6. The van der Waals surface area contributed by atoms with Crippen molar-refractivity contribution in [3.63, 3.8) is 0 Å². The highest BCUT2D eigenvalue weighted by atomic mass is 16.7. The standard InChI is InChI=1S/C27H30O13/c1-10-22(32)15(31)8-17(37-10)20-14(30)7-18-21(24(20)34)13(29)6-16(39-18)11-2-4-12(5-3-11)38-27-26(36)25(35)23(33)19(9-28)40-27/h2-7,10,15,17,19,22-23,25-28,30-36H,8-9H2,1H3/t10-,15-,17-,19-,22-,23-,25+,26-,27+/m1/s1. The quantitative estimate of drug-likeness (QED) is 0.199. The lowest BCUT2D eigenvalue weighted by molar-refractivity contribution is -0.277. The molecule has 2 saturated heterocycles. The molecule has 0 amide bonds. The highest BCUT2D eigenvalue weighted by Crippen LogP contribution is 2.44. The van der Waals surface area contributed by atoms with Gasteiger partial charge in [0.1, 0.15) is 64.5 Å². The summed E-state index contributed by atoms with van der Waals surface area (Å²) < 4.78 is 22.4. The lowest BCUT2D eigenvalue weighted by Gasteiger charge is -2.39. The molecular weight excluding hydrogens is 532 g/mol. The molecule has 2 aromatic carbocycles. The van der Waals surface area contributed by atoms with Crippen molar-refractivity contribution in [2.24, 2.45) is 0 Å². The second kappa shape index (κ2) is 11.0. The Labute approximate surface area is 226 Å². The van der Waals surface area contributed by atoms with E-state index in [0.717, 1.165) is 12.1 Å². The van der Waals surface area contributed by atoms with Gasteiger partial charge in [0.2, 0.25) is 6.29 Å². The van der Waals surface area contributed by atoms with Crippen molar-refractivity contribution in [1.29, 1.82) is 0 Å². The first-order chi connectivity index (χ1) is 19.0. The Morgan fingerprint density at radius 1 is 0.925 bits per heavy atom. The Morgan fingerprint density at radius 2 is 1.62 bits per heavy atom. The van der Waals surface area contributed by atoms with E-state index in [1.54, 1.807) is 0 Å². The molecule has 0 radical (unpaired) electrons. The van der Waals surface area contributed by atoms with E-state index in [2.05, 4.69) is 0 Å². The molecule has 13 nitrogen and oxygen atoms in total. The summed E-state index contributed by atoms with van der Waals surface area (Å²) in [7, 11) is 0. The van der Waals surface area contributed by atoms with Gasteiger partial charge in [0.25, 0.3) is 0 Å². The van der Waals surface area contributed by atoms with Crippen molar-refractivity contribution in [1.82, 2.24) is 0 Å². The van der Waals surface area contributed by atoms with E-state index in [1.807, 2.05) is 0 Å². The fourth-order valence-corrected chi connectivity index (χ4v) is 5.01. The maximum absolute atomic E-state index is 13.0. The highest BCUT2D eigenvalue weighted by molar-refractivity contribution is 5.88. The van der Waals surface area contributed by atoms with Crippen LogP contribution in [0.5, 0.6) is 17.2 Å². The number of benzene rings is 2. The zero-order chi connectivity index (χ0) is 28.9. The molecule has 2 aliphatic heterocycles. The predicted octanol–water partition coefficient (Wildman–Crippen LogP) is -0.378. The third kappa shape index (κ3) is 5.02. The van der Waals surface area contributed by atoms with Crippen LogP contribution < -0.4 is 10.2 Å². The molecule has 2 fully saturated rings. The smallest absolute Gasteiger partial charge is 0.229 e. The molecule has 13 heteroatoms. The molecule has 2 aliphatic rings. The summed E-state index contributed by atoms with van der Waals surface area (Å²) >= 11 is 0. The number of aliphatic hydroxyl groups excluding tert-OH is 6. The molecule has 216 valence electrons. The second-order valence-corrected chi connectivity index (χ2v) is 9.97. The molecule has 3 heterocycles. The number of fused-ring (bicyclic) bond motifs is 1. The normalized spacial score (nSPS) is 32.7. The van der Waals surface area contributed by atoms with Gasteiger partial charge in [-0.15, -0.1) is 0 Å². The number of ether oxygens (including phenoxy) is 3. The average molecular weight is 563 g/mol. The van der Waals surface area contributed by atoms with Crippen LogP contribution in [0.3, 0.4) is 0 Å². The summed E-state index contributed by atoms with van der Waals surface area (Å²) in [6.45, 7) is 0.936. The monoisotopic (exact) mass is 562 g/mol. The molecule has 1 aromatic heterocycles. The average Bonchev–Trinajstić information content (AvgIpc) is 2.91. The Hall–Kier alpha value is -3.27. The van der Waals surface area contributed by atoms with E-state index in [4.69, 9.17) is 18.6 Å². The summed E-state index contributed by atoms with van der Waals surface area (Å²) in [6.07, 6.45) is -11.4. The van der Waals surface area contributed by atoms with Gasteiger partial charge in [0.05, 0.1) is 30.5 Å². The largest absolute Gasteiger partial charge is 0.507 e. The van der Waals surface area contributed by atoms with Crippen LogP contribution in [-0.4, -0.2) is 96.5 Å². The molecule has 0 spiro atoms. The van der Waals surface area contributed by atoms with Gasteiger partial charge in [0, 0.05) is 24.1 Å². The molecule has 5 rings (SSSR count). The van der Waals surface area contributed by atoms with E-state index < -0.39 is 78.7 Å². The first-order valence-electron chi connectivity index (χ1n) is 12.6. The lowest BCUT2D eigenvalue weighted by atomic mass is 9.92. The molecule has 40 heavy (non-hydrogen) atoms. The minimum atomic E-state index is -1.60. The van der Waals surface area contributed by atoms with Crippen LogP contribution in [0.25, 0.3) is 22.3 Å². The van der Waals surface area contributed by atoms with E-state index in [-0.39, 0.29) is 34.5 Å². The van der Waals surface area contributed by atoms with Gasteiger partial charge in [-0.1, -0.05) is 0 Å². The van der Waals surface area contributed by atoms with Gasteiger partial charge in [-0.2, -0.15) is 0 Å². The molecule has 0 aliphatic carbocycles. The number of aliphatic hydroxyl groups is 6. The number of phenolic OH excluding ortho intramolecular Hbond substituents is 2. The summed E-state index contributed by atoms with van der Waals surface area (Å²) in [6, 6.07) is 8.32. The van der Waals surface area contributed by atoms with Crippen LogP contribution in [0.2, 0.25) is 0 Å². The Morgan fingerprint density at radius 3 is 2.27 bits per heavy atom. The summed E-state index contributed by atoms with van der Waals surface area (Å²) in [5, 5.41) is 80.8. The minimum Gasteiger partial charge on any atom is -0.507 e. The van der Waals surface area contributed by atoms with Gasteiger partial charge in [-0.25, -0.2) is 0 Å². The van der Waals surface area contributed by atoms with Gasteiger partial charge in [-0.3, -0.25) is 4.79 Å². The van der Waals surface area contributed by atoms with E-state index in [0.29, 0.717) is 5.56 Å².